The summed E-state index contributed by atoms with van der Waals surface area (Å²) in [5.74, 6) is -0.118. The van der Waals surface area contributed by atoms with E-state index < -0.39 is 23.8 Å². The average Bonchev–Trinajstić information content (AvgIpc) is 3.92. The lowest BCUT2D eigenvalue weighted by atomic mass is 9.94. The Morgan fingerprint density at radius 3 is 2.43 bits per heavy atom. The molecule has 0 saturated carbocycles. The zero-order valence-corrected chi connectivity index (χ0v) is 34.9. The van der Waals surface area contributed by atoms with Crippen LogP contribution in [0.5, 0.6) is 0 Å². The Hall–Kier alpha value is -6.19. The number of hydrogen-bond donors (Lipinski definition) is 3. The van der Waals surface area contributed by atoms with Gasteiger partial charge in [0.05, 0.1) is 16.5 Å². The van der Waals surface area contributed by atoms with Crippen LogP contribution in [0, 0.1) is 19.8 Å². The van der Waals surface area contributed by atoms with E-state index in [0.717, 1.165) is 121 Å². The highest BCUT2D eigenvalue weighted by Crippen LogP contribution is 2.34. The Morgan fingerprint density at radius 2 is 1.62 bits per heavy atom. The zero-order chi connectivity index (χ0) is 41.9. The van der Waals surface area contributed by atoms with Gasteiger partial charge in [0.1, 0.15) is 6.04 Å². The molecule has 5 aliphatic heterocycles. The van der Waals surface area contributed by atoms with Crippen LogP contribution < -0.4 is 20.9 Å². The second-order valence-electron chi connectivity index (χ2n) is 17.4. The second kappa shape index (κ2) is 15.7. The third kappa shape index (κ3) is 7.39. The molecular weight excluding hydrogens is 771 g/mol. The summed E-state index contributed by atoms with van der Waals surface area (Å²) in [5, 5.41) is 14.8. The van der Waals surface area contributed by atoms with Crippen molar-refractivity contribution in [3.8, 4) is 0 Å². The number of aromatic nitrogens is 4. The molecule has 3 saturated heterocycles. The summed E-state index contributed by atoms with van der Waals surface area (Å²) in [7, 11) is 1.91. The number of benzene rings is 3. The smallest absolute Gasteiger partial charge is 0.262 e. The molecule has 0 bridgehead atoms. The predicted molar refractivity (Wildman–Crippen MR) is 232 cm³/mol. The van der Waals surface area contributed by atoms with Crippen molar-refractivity contribution in [1.29, 1.82) is 0 Å². The number of aryl methyl sites for hydroxylation is 3. The molecule has 2 atom stereocenters. The van der Waals surface area contributed by atoms with Gasteiger partial charge in [-0.2, -0.15) is 10.1 Å². The number of para-hydroxylation sites is 1. The van der Waals surface area contributed by atoms with Crippen molar-refractivity contribution in [3.63, 3.8) is 0 Å². The fourth-order valence-electron chi connectivity index (χ4n) is 10.1. The summed E-state index contributed by atoms with van der Waals surface area (Å²) >= 11 is 0. The molecule has 7 heterocycles. The first-order chi connectivity index (χ1) is 29.6. The zero-order valence-electron chi connectivity index (χ0n) is 34.9. The van der Waals surface area contributed by atoms with Crippen molar-refractivity contribution >= 4 is 63.5 Å². The summed E-state index contributed by atoms with van der Waals surface area (Å²) in [6.07, 6.45) is 6.49. The third-order valence-electron chi connectivity index (χ3n) is 13.5. The monoisotopic (exact) mass is 821 g/mol. The maximum atomic E-state index is 13.4. The molecule has 5 aliphatic rings. The maximum absolute atomic E-state index is 13.4. The van der Waals surface area contributed by atoms with Crippen LogP contribution in [0.1, 0.15) is 75.1 Å². The van der Waals surface area contributed by atoms with Crippen LogP contribution >= 0.6 is 0 Å². The second-order valence-corrected chi connectivity index (χ2v) is 17.4. The standard InChI is InChI=1S/C46H51N11O4/c1-27-5-4-6-28(2)40(27)50-41-37-23-47-46(51-42(37)53(3)52-41)48-32-8-7-30-14-20-56(26-31(30)21-32)33-15-17-54(18-16-33)24-29-13-19-55(25-29)34-9-10-35-36(22-34)45(61)57(44(35)60)38-11-12-39(58)49-43(38)59/h4-10,21-23,29,33,38H,11-20,24-26H2,1-3H3,(H,50,52)(H,47,48,51)(H,49,58,59)/t29-,38?/m1/s1. The van der Waals surface area contributed by atoms with E-state index in [0.29, 0.717) is 29.0 Å². The highest BCUT2D eigenvalue weighted by Gasteiger charge is 2.45. The van der Waals surface area contributed by atoms with Crippen LogP contribution in [0.2, 0.25) is 0 Å². The van der Waals surface area contributed by atoms with Crippen molar-refractivity contribution in [2.24, 2.45) is 13.0 Å². The largest absolute Gasteiger partial charge is 0.371 e. The van der Waals surface area contributed by atoms with E-state index in [1.54, 1.807) is 10.7 Å². The molecule has 2 aromatic heterocycles. The summed E-state index contributed by atoms with van der Waals surface area (Å²) < 4.78 is 1.79. The lowest BCUT2D eigenvalue weighted by Crippen LogP contribution is -2.54. The molecule has 10 rings (SSSR count). The van der Waals surface area contributed by atoms with Crippen LogP contribution in [-0.4, -0.2) is 109 Å². The summed E-state index contributed by atoms with van der Waals surface area (Å²) in [5.41, 5.74) is 9.42. The van der Waals surface area contributed by atoms with Gasteiger partial charge in [-0.05, 0) is 118 Å². The molecule has 314 valence electrons. The Bertz CT molecular complexity index is 2580. The van der Waals surface area contributed by atoms with Crippen molar-refractivity contribution in [1.82, 2.24) is 39.8 Å². The van der Waals surface area contributed by atoms with Gasteiger partial charge in [0.25, 0.3) is 11.8 Å². The van der Waals surface area contributed by atoms with Crippen molar-refractivity contribution in [2.45, 2.75) is 71.0 Å². The normalized spacial score (nSPS) is 21.3. The Balaban J connectivity index is 0.722. The number of rotatable bonds is 9. The Labute approximate surface area is 354 Å². The number of carbonyl (C=O) groups excluding carboxylic acids is 4. The number of fused-ring (bicyclic) bond motifs is 3. The summed E-state index contributed by atoms with van der Waals surface area (Å²) in [4.78, 5) is 68.9. The molecule has 15 nitrogen and oxygen atoms in total. The highest BCUT2D eigenvalue weighted by atomic mass is 16.2. The van der Waals surface area contributed by atoms with E-state index in [9.17, 15) is 19.2 Å². The van der Waals surface area contributed by atoms with Gasteiger partial charge in [0.2, 0.25) is 17.8 Å². The van der Waals surface area contributed by atoms with Gasteiger partial charge in [0.15, 0.2) is 11.5 Å². The molecule has 15 heteroatoms. The van der Waals surface area contributed by atoms with Gasteiger partial charge in [-0.15, -0.1) is 0 Å². The van der Waals surface area contributed by atoms with Crippen molar-refractivity contribution in [3.05, 3.63) is 94.2 Å². The number of imide groups is 2. The van der Waals surface area contributed by atoms with Crippen molar-refractivity contribution in [2.75, 3.05) is 54.8 Å². The van der Waals surface area contributed by atoms with E-state index in [1.165, 1.54) is 11.1 Å². The number of anilines is 5. The molecule has 0 radical (unpaired) electrons. The van der Waals surface area contributed by atoms with Crippen LogP contribution in [0.25, 0.3) is 11.0 Å². The quantitative estimate of drug-likeness (QED) is 0.167. The molecule has 4 amide bonds. The minimum absolute atomic E-state index is 0.103. The first kappa shape index (κ1) is 39.0. The van der Waals surface area contributed by atoms with E-state index in [-0.39, 0.29) is 18.7 Å². The van der Waals surface area contributed by atoms with Crippen molar-refractivity contribution < 1.29 is 19.2 Å². The molecule has 3 fully saturated rings. The SMILES string of the molecule is Cc1cccc(C)c1Nc1nn(C)c2nc(Nc3ccc4c(c3)CN(C3CCN(C[C@H]5CCN(c6ccc7c(c6)C(=O)N(C6CCC(=O)NC6=O)C7=O)C5)CC3)CC4)ncc12. The predicted octanol–water partition coefficient (Wildman–Crippen LogP) is 5.22. The first-order valence-corrected chi connectivity index (χ1v) is 21.5. The van der Waals surface area contributed by atoms with E-state index in [4.69, 9.17) is 10.1 Å². The van der Waals surface area contributed by atoms with E-state index in [1.807, 2.05) is 25.4 Å². The lowest BCUT2D eigenvalue weighted by molar-refractivity contribution is -0.136. The number of hydrogen-bond acceptors (Lipinski definition) is 12. The van der Waals surface area contributed by atoms with Gasteiger partial charge in [-0.3, -0.25) is 34.3 Å². The van der Waals surface area contributed by atoms with Gasteiger partial charge in [0, 0.05) is 75.5 Å². The minimum Gasteiger partial charge on any atom is -0.371 e. The van der Waals surface area contributed by atoms with Crippen LogP contribution in [0.3, 0.4) is 0 Å². The van der Waals surface area contributed by atoms with Gasteiger partial charge in [-0.1, -0.05) is 24.3 Å². The number of amides is 4. The maximum Gasteiger partial charge on any atom is 0.262 e. The fraction of sp³-hybridized carbons (Fsp3) is 0.413. The van der Waals surface area contributed by atoms with E-state index >= 15 is 0 Å². The number of nitrogens with zero attached hydrogens (tertiary/aromatic N) is 8. The highest BCUT2D eigenvalue weighted by molar-refractivity contribution is 6.23. The first-order valence-electron chi connectivity index (χ1n) is 21.5. The minimum atomic E-state index is -0.960. The Morgan fingerprint density at radius 1 is 0.820 bits per heavy atom. The topological polar surface area (TPSA) is 161 Å². The van der Waals surface area contributed by atoms with Crippen LogP contribution in [0.4, 0.5) is 28.8 Å². The molecule has 0 aliphatic carbocycles. The number of carbonyl (C=O) groups is 4. The number of nitrogens with one attached hydrogen (secondary N) is 3. The Kier molecular flexibility index (Phi) is 10.0. The molecular formula is C46H51N11O4. The van der Waals surface area contributed by atoms with Gasteiger partial charge >= 0.3 is 0 Å². The van der Waals surface area contributed by atoms with Gasteiger partial charge < -0.3 is 20.4 Å². The van der Waals surface area contributed by atoms with Crippen LogP contribution in [-0.2, 0) is 29.6 Å². The molecule has 3 N–H and O–H groups in total. The number of likely N-dealkylation sites (tertiary alicyclic amines) is 1. The van der Waals surface area contributed by atoms with Crippen LogP contribution in [0.15, 0.2) is 60.8 Å². The lowest BCUT2D eigenvalue weighted by Gasteiger charge is -2.41. The van der Waals surface area contributed by atoms with E-state index in [2.05, 4.69) is 85.9 Å². The molecule has 3 aromatic carbocycles. The average molecular weight is 822 g/mol. The molecule has 61 heavy (non-hydrogen) atoms. The summed E-state index contributed by atoms with van der Waals surface area (Å²) in [6, 6.07) is 17.9. The molecule has 0 spiro atoms. The molecule has 5 aromatic rings. The van der Waals surface area contributed by atoms with Gasteiger partial charge in [-0.25, -0.2) is 9.67 Å². The summed E-state index contributed by atoms with van der Waals surface area (Å²) in [6.45, 7) is 11.2. The fourth-order valence-corrected chi connectivity index (χ4v) is 10.1. The molecule has 1 unspecified atom stereocenters. The number of piperidine rings is 2. The third-order valence-corrected chi connectivity index (χ3v) is 13.5.